The van der Waals surface area contributed by atoms with Crippen molar-refractivity contribution in [2.24, 2.45) is 0 Å². The van der Waals surface area contributed by atoms with Gasteiger partial charge in [-0.25, -0.2) is 8.42 Å². The van der Waals surface area contributed by atoms with Crippen molar-refractivity contribution in [3.8, 4) is 5.75 Å². The van der Waals surface area contributed by atoms with E-state index >= 15 is 0 Å². The van der Waals surface area contributed by atoms with E-state index in [4.69, 9.17) is 16.3 Å². The average molecular weight is 384 g/mol. The first-order valence-electron chi connectivity index (χ1n) is 7.64. The first-order valence-corrected chi connectivity index (χ1v) is 10.5. The largest absolute Gasteiger partial charge is 0.494 e. The van der Waals surface area contributed by atoms with Gasteiger partial charge in [0.25, 0.3) is 0 Å². The Morgan fingerprint density at radius 1 is 1.17 bits per heavy atom. The number of nitrogens with zero attached hydrogens (tertiary/aromatic N) is 1. The minimum atomic E-state index is -3.55. The van der Waals surface area contributed by atoms with Crippen LogP contribution in [-0.2, 0) is 10.0 Å². The van der Waals surface area contributed by atoms with E-state index in [9.17, 15) is 8.42 Å². The molecule has 1 atom stereocenters. The third-order valence-electron chi connectivity index (χ3n) is 3.75. The van der Waals surface area contributed by atoms with Crippen molar-refractivity contribution in [2.45, 2.75) is 17.2 Å². The highest BCUT2D eigenvalue weighted by molar-refractivity contribution is 8.01. The van der Waals surface area contributed by atoms with Crippen LogP contribution >= 0.6 is 23.4 Å². The van der Waals surface area contributed by atoms with Gasteiger partial charge < -0.3 is 4.74 Å². The number of ether oxygens (including phenoxy) is 1. The molecule has 0 amide bonds. The number of benzene rings is 2. The molecule has 0 radical (unpaired) electrons. The maximum Gasteiger partial charge on any atom is 0.244 e. The fourth-order valence-corrected chi connectivity index (χ4v) is 5.97. The highest BCUT2D eigenvalue weighted by atomic mass is 35.5. The fourth-order valence-electron chi connectivity index (χ4n) is 2.60. The van der Waals surface area contributed by atoms with Gasteiger partial charge in [-0.15, -0.1) is 11.8 Å². The third-order valence-corrected chi connectivity index (χ3v) is 7.27. The van der Waals surface area contributed by atoms with Crippen molar-refractivity contribution in [1.29, 1.82) is 0 Å². The van der Waals surface area contributed by atoms with Crippen LogP contribution < -0.4 is 4.74 Å². The van der Waals surface area contributed by atoms with Gasteiger partial charge in [-0.1, -0.05) is 23.7 Å². The van der Waals surface area contributed by atoms with Crippen molar-refractivity contribution in [2.75, 3.05) is 18.9 Å². The minimum absolute atomic E-state index is 0.223. The smallest absolute Gasteiger partial charge is 0.244 e. The number of halogens is 1. The molecule has 3 rings (SSSR count). The van der Waals surface area contributed by atoms with Gasteiger partial charge in [0.05, 0.1) is 16.9 Å². The summed E-state index contributed by atoms with van der Waals surface area (Å²) in [4.78, 5) is 0.285. The van der Waals surface area contributed by atoms with Gasteiger partial charge in [-0.3, -0.25) is 0 Å². The van der Waals surface area contributed by atoms with Gasteiger partial charge in [0, 0.05) is 17.3 Å². The Morgan fingerprint density at radius 2 is 1.83 bits per heavy atom. The van der Waals surface area contributed by atoms with Crippen molar-refractivity contribution < 1.29 is 13.2 Å². The Kier molecular flexibility index (Phi) is 5.39. The number of rotatable bonds is 5. The van der Waals surface area contributed by atoms with Crippen LogP contribution in [0.25, 0.3) is 0 Å². The Balaban J connectivity index is 1.88. The number of hydrogen-bond acceptors (Lipinski definition) is 4. The van der Waals surface area contributed by atoms with E-state index in [1.165, 1.54) is 0 Å². The van der Waals surface area contributed by atoms with Gasteiger partial charge in [0.15, 0.2) is 0 Å². The SMILES string of the molecule is CCOc1ccc(S(=O)(=O)N2CCSC2c2ccc(Cl)cc2)cc1. The van der Waals surface area contributed by atoms with Crippen LogP contribution in [0.3, 0.4) is 0 Å². The topological polar surface area (TPSA) is 46.6 Å². The first kappa shape index (κ1) is 17.6. The summed E-state index contributed by atoms with van der Waals surface area (Å²) >= 11 is 7.55. The lowest BCUT2D eigenvalue weighted by atomic mass is 10.2. The first-order chi connectivity index (χ1) is 11.5. The van der Waals surface area contributed by atoms with E-state index in [1.54, 1.807) is 52.5 Å². The van der Waals surface area contributed by atoms with Crippen LogP contribution in [0.2, 0.25) is 5.02 Å². The zero-order valence-corrected chi connectivity index (χ0v) is 15.6. The summed E-state index contributed by atoms with van der Waals surface area (Å²) in [6, 6.07) is 13.9. The van der Waals surface area contributed by atoms with Crippen LogP contribution in [-0.4, -0.2) is 31.6 Å². The predicted molar refractivity (Wildman–Crippen MR) is 98.2 cm³/mol. The number of sulfonamides is 1. The summed E-state index contributed by atoms with van der Waals surface area (Å²) < 4.78 is 32.9. The molecule has 0 bridgehead atoms. The number of hydrogen-bond donors (Lipinski definition) is 0. The second kappa shape index (κ2) is 7.35. The summed E-state index contributed by atoms with van der Waals surface area (Å²) in [5.41, 5.74) is 0.941. The third kappa shape index (κ3) is 3.57. The zero-order chi connectivity index (χ0) is 17.2. The van der Waals surface area contributed by atoms with Crippen LogP contribution in [0.5, 0.6) is 5.75 Å². The van der Waals surface area contributed by atoms with E-state index in [2.05, 4.69) is 0 Å². The number of thioether (sulfide) groups is 1. The molecule has 2 aromatic rings. The molecular formula is C17H18ClNO3S2. The molecule has 2 aromatic carbocycles. The molecule has 0 aromatic heterocycles. The molecule has 4 nitrogen and oxygen atoms in total. The van der Waals surface area contributed by atoms with Gasteiger partial charge in [-0.2, -0.15) is 4.31 Å². The van der Waals surface area contributed by atoms with Crippen molar-refractivity contribution in [3.05, 3.63) is 59.1 Å². The van der Waals surface area contributed by atoms with Crippen LogP contribution in [0, 0.1) is 0 Å². The second-order valence-corrected chi connectivity index (χ2v) is 8.81. The van der Waals surface area contributed by atoms with Gasteiger partial charge in [0.1, 0.15) is 5.75 Å². The molecule has 0 saturated carbocycles. The Hall–Kier alpha value is -1.21. The van der Waals surface area contributed by atoms with Crippen LogP contribution in [0.15, 0.2) is 53.4 Å². The molecular weight excluding hydrogens is 366 g/mol. The molecule has 1 unspecified atom stereocenters. The van der Waals surface area contributed by atoms with E-state index in [0.717, 1.165) is 11.3 Å². The Morgan fingerprint density at radius 3 is 2.46 bits per heavy atom. The second-order valence-electron chi connectivity index (χ2n) is 5.29. The molecule has 24 heavy (non-hydrogen) atoms. The highest BCUT2D eigenvalue weighted by Gasteiger charge is 2.36. The normalized spacial score (nSPS) is 18.7. The Bertz CT molecular complexity index is 792. The molecule has 1 fully saturated rings. The van der Waals surface area contributed by atoms with Crippen LogP contribution in [0.1, 0.15) is 17.9 Å². The molecule has 0 aliphatic carbocycles. The fraction of sp³-hybridized carbons (Fsp3) is 0.294. The molecule has 1 aliphatic heterocycles. The lowest BCUT2D eigenvalue weighted by Gasteiger charge is -2.23. The Labute approximate surface area is 151 Å². The summed E-state index contributed by atoms with van der Waals surface area (Å²) in [5.74, 6) is 1.44. The van der Waals surface area contributed by atoms with E-state index in [1.807, 2.05) is 19.1 Å². The quantitative estimate of drug-likeness (QED) is 0.777. The summed E-state index contributed by atoms with van der Waals surface area (Å²) in [7, 11) is -3.55. The molecule has 1 heterocycles. The molecule has 1 aliphatic rings. The maximum atomic E-state index is 13.0. The van der Waals surface area contributed by atoms with E-state index in [0.29, 0.717) is 23.9 Å². The van der Waals surface area contributed by atoms with Crippen molar-refractivity contribution in [3.63, 3.8) is 0 Å². The molecule has 7 heteroatoms. The monoisotopic (exact) mass is 383 g/mol. The van der Waals surface area contributed by atoms with Crippen molar-refractivity contribution >= 4 is 33.4 Å². The zero-order valence-electron chi connectivity index (χ0n) is 13.2. The highest BCUT2D eigenvalue weighted by Crippen LogP contribution is 2.41. The maximum absolute atomic E-state index is 13.0. The summed E-state index contributed by atoms with van der Waals surface area (Å²) in [5, 5.41) is 0.418. The summed E-state index contributed by atoms with van der Waals surface area (Å²) in [6.07, 6.45) is 0. The molecule has 128 valence electrons. The summed E-state index contributed by atoms with van der Waals surface area (Å²) in [6.45, 7) is 2.93. The lowest BCUT2D eigenvalue weighted by molar-refractivity contribution is 0.340. The van der Waals surface area contributed by atoms with Crippen LogP contribution in [0.4, 0.5) is 0 Å². The minimum Gasteiger partial charge on any atom is -0.494 e. The molecule has 0 N–H and O–H groups in total. The van der Waals surface area contributed by atoms with E-state index < -0.39 is 10.0 Å². The predicted octanol–water partition coefficient (Wildman–Crippen LogP) is 4.18. The molecule has 0 spiro atoms. The van der Waals surface area contributed by atoms with E-state index in [-0.39, 0.29) is 10.3 Å². The van der Waals surface area contributed by atoms with Gasteiger partial charge >= 0.3 is 0 Å². The molecule has 1 saturated heterocycles. The average Bonchev–Trinajstić information content (AvgIpc) is 3.07. The van der Waals surface area contributed by atoms with Gasteiger partial charge in [0.2, 0.25) is 10.0 Å². The van der Waals surface area contributed by atoms with Gasteiger partial charge in [-0.05, 0) is 48.9 Å². The lowest BCUT2D eigenvalue weighted by Crippen LogP contribution is -2.30. The van der Waals surface area contributed by atoms with Crippen molar-refractivity contribution in [1.82, 2.24) is 4.31 Å². The standard InChI is InChI=1S/C17H18ClNO3S2/c1-2-22-15-7-9-16(10-8-15)24(20,21)19-11-12-23-17(19)13-3-5-14(18)6-4-13/h3-10,17H,2,11-12H2,1H3.